The fourth-order valence-electron chi connectivity index (χ4n) is 2.83. The smallest absolute Gasteiger partial charge is 0.0955 e. The molecule has 1 aromatic heterocycles. The van der Waals surface area contributed by atoms with E-state index in [1.807, 2.05) is 17.9 Å². The molecule has 1 aliphatic rings. The normalized spacial score (nSPS) is 16.8. The Morgan fingerprint density at radius 1 is 1.45 bits per heavy atom. The number of aromatic nitrogens is 2. The maximum atomic E-state index is 9.17. The topological polar surface area (TPSA) is 53.6 Å². The quantitative estimate of drug-likeness (QED) is 0.847. The highest BCUT2D eigenvalue weighted by atomic mass is 15.0. The average molecular weight is 268 g/mol. The van der Waals surface area contributed by atoms with Crippen molar-refractivity contribution in [3.63, 3.8) is 0 Å². The SMILES string of the molecule is Cn1cnc2cc(CCNCC3(C#N)CCC3)ccc21. The molecule has 20 heavy (non-hydrogen) atoms. The summed E-state index contributed by atoms with van der Waals surface area (Å²) in [6, 6.07) is 8.91. The molecule has 1 N–H and O–H groups in total. The van der Waals surface area contributed by atoms with Gasteiger partial charge in [-0.25, -0.2) is 4.98 Å². The van der Waals surface area contributed by atoms with Crippen molar-refractivity contribution in [2.75, 3.05) is 13.1 Å². The molecule has 0 saturated heterocycles. The van der Waals surface area contributed by atoms with E-state index in [9.17, 15) is 5.26 Å². The van der Waals surface area contributed by atoms with Crippen molar-refractivity contribution >= 4 is 11.0 Å². The van der Waals surface area contributed by atoms with Gasteiger partial charge in [0.1, 0.15) is 0 Å². The van der Waals surface area contributed by atoms with Crippen LogP contribution in [0.4, 0.5) is 0 Å². The van der Waals surface area contributed by atoms with Crippen LogP contribution in [0.1, 0.15) is 24.8 Å². The van der Waals surface area contributed by atoms with Gasteiger partial charge >= 0.3 is 0 Å². The summed E-state index contributed by atoms with van der Waals surface area (Å²) in [6.07, 6.45) is 6.13. The minimum absolute atomic E-state index is 0.0784. The van der Waals surface area contributed by atoms with Crippen LogP contribution in [0, 0.1) is 16.7 Å². The number of fused-ring (bicyclic) bond motifs is 1. The second-order valence-electron chi connectivity index (χ2n) is 5.85. The Bertz CT molecular complexity index is 646. The van der Waals surface area contributed by atoms with E-state index in [0.29, 0.717) is 0 Å². The first kappa shape index (κ1) is 13.1. The number of nitrogens with zero attached hydrogens (tertiary/aromatic N) is 3. The fourth-order valence-corrected chi connectivity index (χ4v) is 2.83. The minimum Gasteiger partial charge on any atom is -0.334 e. The van der Waals surface area contributed by atoms with Crippen LogP contribution < -0.4 is 5.32 Å². The minimum atomic E-state index is -0.0784. The van der Waals surface area contributed by atoms with Gasteiger partial charge in [-0.15, -0.1) is 0 Å². The molecule has 0 amide bonds. The van der Waals surface area contributed by atoms with Gasteiger partial charge in [0.2, 0.25) is 0 Å². The summed E-state index contributed by atoms with van der Waals surface area (Å²) in [5.41, 5.74) is 3.44. The molecule has 0 unspecified atom stereocenters. The van der Waals surface area contributed by atoms with Crippen molar-refractivity contribution in [3.05, 3.63) is 30.1 Å². The Hall–Kier alpha value is -1.86. The summed E-state index contributed by atoms with van der Waals surface area (Å²) in [5, 5.41) is 12.6. The molecule has 4 heteroatoms. The van der Waals surface area contributed by atoms with E-state index < -0.39 is 0 Å². The number of rotatable bonds is 5. The summed E-state index contributed by atoms with van der Waals surface area (Å²) in [4.78, 5) is 4.38. The molecule has 1 aliphatic carbocycles. The summed E-state index contributed by atoms with van der Waals surface area (Å²) in [5.74, 6) is 0. The van der Waals surface area contributed by atoms with Crippen molar-refractivity contribution in [3.8, 4) is 6.07 Å². The molecule has 0 aliphatic heterocycles. The van der Waals surface area contributed by atoms with Crippen LogP contribution in [0.2, 0.25) is 0 Å². The lowest BCUT2D eigenvalue weighted by atomic mass is 9.70. The monoisotopic (exact) mass is 268 g/mol. The lowest BCUT2D eigenvalue weighted by molar-refractivity contribution is 0.208. The van der Waals surface area contributed by atoms with E-state index in [4.69, 9.17) is 0 Å². The van der Waals surface area contributed by atoms with Gasteiger partial charge in [-0.05, 0) is 43.5 Å². The Morgan fingerprint density at radius 3 is 3.00 bits per heavy atom. The van der Waals surface area contributed by atoms with Crippen LogP contribution in [0.5, 0.6) is 0 Å². The Labute approximate surface area is 119 Å². The molecule has 1 heterocycles. The summed E-state index contributed by atoms with van der Waals surface area (Å²) < 4.78 is 2.03. The van der Waals surface area contributed by atoms with Crippen LogP contribution >= 0.6 is 0 Å². The van der Waals surface area contributed by atoms with Gasteiger partial charge in [0, 0.05) is 13.6 Å². The third-order valence-corrected chi connectivity index (χ3v) is 4.39. The van der Waals surface area contributed by atoms with Crippen LogP contribution in [0.25, 0.3) is 11.0 Å². The zero-order chi connectivity index (χ0) is 14.0. The zero-order valence-corrected chi connectivity index (χ0v) is 11.9. The maximum absolute atomic E-state index is 9.17. The van der Waals surface area contributed by atoms with Crippen LogP contribution in [-0.4, -0.2) is 22.6 Å². The van der Waals surface area contributed by atoms with E-state index in [2.05, 4.69) is 34.6 Å². The highest BCUT2D eigenvalue weighted by Gasteiger charge is 2.36. The average Bonchev–Trinajstić information content (AvgIpc) is 2.78. The third kappa shape index (κ3) is 2.41. The Morgan fingerprint density at radius 2 is 2.30 bits per heavy atom. The maximum Gasteiger partial charge on any atom is 0.0955 e. The van der Waals surface area contributed by atoms with Gasteiger partial charge in [-0.3, -0.25) is 0 Å². The van der Waals surface area contributed by atoms with Gasteiger partial charge in [-0.1, -0.05) is 12.5 Å². The molecule has 0 bridgehead atoms. The number of hydrogen-bond donors (Lipinski definition) is 1. The second-order valence-corrected chi connectivity index (χ2v) is 5.85. The van der Waals surface area contributed by atoms with Gasteiger partial charge in [0.25, 0.3) is 0 Å². The summed E-state index contributed by atoms with van der Waals surface area (Å²) in [6.45, 7) is 1.75. The first-order chi connectivity index (χ1) is 9.72. The largest absolute Gasteiger partial charge is 0.334 e. The third-order valence-electron chi connectivity index (χ3n) is 4.39. The molecule has 0 spiro atoms. The number of benzene rings is 1. The van der Waals surface area contributed by atoms with E-state index in [0.717, 1.165) is 37.9 Å². The van der Waals surface area contributed by atoms with Gasteiger partial charge in [0.05, 0.1) is 28.8 Å². The second kappa shape index (κ2) is 5.26. The van der Waals surface area contributed by atoms with Crippen LogP contribution in [0.15, 0.2) is 24.5 Å². The summed E-state index contributed by atoms with van der Waals surface area (Å²) >= 11 is 0. The molecule has 0 atom stereocenters. The van der Waals surface area contributed by atoms with E-state index in [1.54, 1.807) is 0 Å². The Balaban J connectivity index is 1.53. The number of nitriles is 1. The number of imidazole rings is 1. The molecule has 1 fully saturated rings. The lowest BCUT2D eigenvalue weighted by Crippen LogP contribution is -2.39. The molecule has 3 rings (SSSR count). The van der Waals surface area contributed by atoms with E-state index in [1.165, 1.54) is 17.5 Å². The van der Waals surface area contributed by atoms with Gasteiger partial charge < -0.3 is 9.88 Å². The fraction of sp³-hybridized carbons (Fsp3) is 0.500. The van der Waals surface area contributed by atoms with Crippen molar-refractivity contribution in [1.82, 2.24) is 14.9 Å². The van der Waals surface area contributed by atoms with E-state index in [-0.39, 0.29) is 5.41 Å². The number of aryl methyl sites for hydroxylation is 1. The van der Waals surface area contributed by atoms with Gasteiger partial charge in [0.15, 0.2) is 0 Å². The predicted molar refractivity (Wildman–Crippen MR) is 79.2 cm³/mol. The van der Waals surface area contributed by atoms with Crippen molar-refractivity contribution in [2.24, 2.45) is 12.5 Å². The lowest BCUT2D eigenvalue weighted by Gasteiger charge is -2.35. The van der Waals surface area contributed by atoms with Crippen LogP contribution in [-0.2, 0) is 13.5 Å². The molecule has 0 radical (unpaired) electrons. The van der Waals surface area contributed by atoms with Crippen molar-refractivity contribution in [2.45, 2.75) is 25.7 Å². The molecule has 1 saturated carbocycles. The number of nitrogens with one attached hydrogen (secondary N) is 1. The molecule has 1 aromatic carbocycles. The molecule has 2 aromatic rings. The predicted octanol–water partition coefficient (Wildman–Crippen LogP) is 2.40. The Kier molecular flexibility index (Phi) is 3.45. The van der Waals surface area contributed by atoms with Crippen LogP contribution in [0.3, 0.4) is 0 Å². The molecule has 104 valence electrons. The number of hydrogen-bond acceptors (Lipinski definition) is 3. The van der Waals surface area contributed by atoms with Gasteiger partial charge in [-0.2, -0.15) is 5.26 Å². The molecular weight excluding hydrogens is 248 g/mol. The first-order valence-electron chi connectivity index (χ1n) is 7.24. The highest BCUT2D eigenvalue weighted by molar-refractivity contribution is 5.75. The highest BCUT2D eigenvalue weighted by Crippen LogP contribution is 2.39. The zero-order valence-electron chi connectivity index (χ0n) is 11.9. The van der Waals surface area contributed by atoms with Crippen molar-refractivity contribution < 1.29 is 0 Å². The summed E-state index contributed by atoms with van der Waals surface area (Å²) in [7, 11) is 2.01. The van der Waals surface area contributed by atoms with E-state index >= 15 is 0 Å². The first-order valence-corrected chi connectivity index (χ1v) is 7.24. The standard InChI is InChI=1S/C16H20N4/c1-20-12-19-14-9-13(3-4-15(14)20)5-8-18-11-16(10-17)6-2-7-16/h3-4,9,12,18H,2,5-8,11H2,1H3. The van der Waals surface area contributed by atoms with Crippen molar-refractivity contribution in [1.29, 1.82) is 5.26 Å². The molecule has 4 nitrogen and oxygen atoms in total. The molecular formula is C16H20N4.